The fraction of sp³-hybridized carbons (Fsp3) is 0.235. The quantitative estimate of drug-likeness (QED) is 0.634. The Labute approximate surface area is 153 Å². The summed E-state index contributed by atoms with van der Waals surface area (Å²) in [6.45, 7) is -2.44. The molecule has 2 rings (SSSR count). The molecular weight excluding hydrogens is 372 g/mol. The van der Waals surface area contributed by atoms with Crippen LogP contribution in [0.25, 0.3) is 0 Å². The van der Waals surface area contributed by atoms with E-state index >= 15 is 0 Å². The second-order valence-electron chi connectivity index (χ2n) is 4.78. The highest BCUT2D eigenvalue weighted by Crippen LogP contribution is 2.23. The average molecular weight is 388 g/mol. The number of anilines is 1. The van der Waals surface area contributed by atoms with Gasteiger partial charge in [0.2, 0.25) is 5.91 Å². The lowest BCUT2D eigenvalue weighted by Gasteiger charge is -2.08. The first-order chi connectivity index (χ1) is 12.0. The maximum Gasteiger partial charge on any atom is 0.387 e. The normalized spacial score (nSPS) is 10.6. The van der Waals surface area contributed by atoms with E-state index in [4.69, 9.17) is 16.3 Å². The van der Waals surface area contributed by atoms with Crippen LogP contribution in [0.1, 0.15) is 0 Å². The molecule has 134 valence electrons. The molecule has 0 unspecified atom stereocenters. The molecule has 25 heavy (non-hydrogen) atoms. The number of amides is 1. The zero-order valence-corrected chi connectivity index (χ0v) is 14.7. The third kappa shape index (κ3) is 7.19. The van der Waals surface area contributed by atoms with Crippen LogP contribution in [0.2, 0.25) is 5.02 Å². The van der Waals surface area contributed by atoms with Crippen LogP contribution in [0.4, 0.5) is 14.5 Å². The number of ether oxygens (including phenoxy) is 2. The van der Waals surface area contributed by atoms with Gasteiger partial charge in [0.15, 0.2) is 0 Å². The van der Waals surface area contributed by atoms with Crippen LogP contribution in [0.15, 0.2) is 48.5 Å². The van der Waals surface area contributed by atoms with Gasteiger partial charge in [-0.15, -0.1) is 11.8 Å². The van der Waals surface area contributed by atoms with Gasteiger partial charge in [-0.1, -0.05) is 23.7 Å². The van der Waals surface area contributed by atoms with Crippen molar-refractivity contribution in [3.8, 4) is 11.5 Å². The van der Waals surface area contributed by atoms with Crippen LogP contribution in [0.5, 0.6) is 11.5 Å². The van der Waals surface area contributed by atoms with E-state index in [0.29, 0.717) is 28.8 Å². The third-order valence-electron chi connectivity index (χ3n) is 2.92. The van der Waals surface area contributed by atoms with Gasteiger partial charge in [-0.05, 0) is 36.4 Å². The molecule has 2 aromatic rings. The van der Waals surface area contributed by atoms with E-state index in [0.717, 1.165) is 0 Å². The van der Waals surface area contributed by atoms with Crippen molar-refractivity contribution in [2.45, 2.75) is 6.61 Å². The van der Waals surface area contributed by atoms with Gasteiger partial charge < -0.3 is 14.8 Å². The first kappa shape index (κ1) is 19.3. The molecule has 0 bridgehead atoms. The predicted octanol–water partition coefficient (Wildman–Crippen LogP) is 4.69. The number of alkyl halides is 2. The maximum atomic E-state index is 12.1. The Morgan fingerprint density at radius 3 is 2.56 bits per heavy atom. The van der Waals surface area contributed by atoms with E-state index in [9.17, 15) is 13.6 Å². The van der Waals surface area contributed by atoms with Gasteiger partial charge in [-0.2, -0.15) is 8.78 Å². The molecule has 0 saturated carbocycles. The molecule has 0 aliphatic heterocycles. The van der Waals surface area contributed by atoms with Crippen molar-refractivity contribution in [2.75, 3.05) is 23.4 Å². The van der Waals surface area contributed by atoms with E-state index in [1.165, 1.54) is 36.0 Å². The lowest BCUT2D eigenvalue weighted by atomic mass is 10.3. The number of carbonyl (C=O) groups is 1. The molecule has 0 fully saturated rings. The fourth-order valence-electron chi connectivity index (χ4n) is 1.85. The summed E-state index contributed by atoms with van der Waals surface area (Å²) in [7, 11) is 0. The Balaban J connectivity index is 1.64. The van der Waals surface area contributed by atoms with E-state index < -0.39 is 6.61 Å². The minimum atomic E-state index is -2.87. The first-order valence-corrected chi connectivity index (χ1v) is 8.87. The summed E-state index contributed by atoms with van der Waals surface area (Å²) in [4.78, 5) is 11.8. The van der Waals surface area contributed by atoms with E-state index in [1.54, 1.807) is 12.1 Å². The topological polar surface area (TPSA) is 47.6 Å². The molecule has 1 amide bonds. The lowest BCUT2D eigenvalue weighted by Crippen LogP contribution is -2.15. The standard InChI is InChI=1S/C17H16ClF2NO3S/c18-14-3-1-2-4-15(14)23-9-10-25-11-16(22)21-12-5-7-13(8-6-12)24-17(19)20/h1-8,17H,9-11H2,(H,21,22). The van der Waals surface area contributed by atoms with Crippen molar-refractivity contribution in [1.29, 1.82) is 0 Å². The Hall–Kier alpha value is -1.99. The summed E-state index contributed by atoms with van der Waals surface area (Å²) < 4.78 is 33.9. The lowest BCUT2D eigenvalue weighted by molar-refractivity contribution is -0.113. The SMILES string of the molecule is O=C(CSCCOc1ccccc1Cl)Nc1ccc(OC(F)F)cc1. The molecule has 0 spiro atoms. The van der Waals surface area contributed by atoms with Crippen molar-refractivity contribution in [1.82, 2.24) is 0 Å². The second kappa shape index (κ2) is 10.1. The summed E-state index contributed by atoms with van der Waals surface area (Å²) in [6.07, 6.45) is 0. The van der Waals surface area contributed by atoms with E-state index in [1.807, 2.05) is 12.1 Å². The smallest absolute Gasteiger partial charge is 0.387 e. The number of nitrogens with one attached hydrogen (secondary N) is 1. The van der Waals surface area contributed by atoms with Crippen LogP contribution in [-0.2, 0) is 4.79 Å². The van der Waals surface area contributed by atoms with Crippen molar-refractivity contribution in [3.63, 3.8) is 0 Å². The molecule has 4 nitrogen and oxygen atoms in total. The highest BCUT2D eigenvalue weighted by molar-refractivity contribution is 7.99. The Kier molecular flexibility index (Phi) is 7.81. The minimum Gasteiger partial charge on any atom is -0.491 e. The Morgan fingerprint density at radius 2 is 1.88 bits per heavy atom. The number of halogens is 3. The van der Waals surface area contributed by atoms with Crippen molar-refractivity contribution >= 4 is 35.0 Å². The molecule has 0 aliphatic carbocycles. The molecule has 0 atom stereocenters. The molecule has 1 N–H and O–H groups in total. The van der Waals surface area contributed by atoms with Gasteiger partial charge in [-0.3, -0.25) is 4.79 Å². The van der Waals surface area contributed by atoms with Gasteiger partial charge in [0.25, 0.3) is 0 Å². The summed E-state index contributed by atoms with van der Waals surface area (Å²) in [5, 5.41) is 3.22. The first-order valence-electron chi connectivity index (χ1n) is 7.34. The number of hydrogen-bond acceptors (Lipinski definition) is 4. The summed E-state index contributed by atoms with van der Waals surface area (Å²) in [6, 6.07) is 12.9. The van der Waals surface area contributed by atoms with Crippen molar-refractivity contribution in [3.05, 3.63) is 53.6 Å². The zero-order valence-electron chi connectivity index (χ0n) is 13.1. The van der Waals surface area contributed by atoms with Gasteiger partial charge in [0.1, 0.15) is 11.5 Å². The Bertz CT molecular complexity index is 686. The molecule has 8 heteroatoms. The van der Waals surface area contributed by atoms with Gasteiger partial charge in [-0.25, -0.2) is 0 Å². The minimum absolute atomic E-state index is 0.0408. The van der Waals surface area contributed by atoms with Crippen LogP contribution in [0.3, 0.4) is 0 Å². The molecule has 2 aromatic carbocycles. The maximum absolute atomic E-state index is 12.1. The summed E-state index contributed by atoms with van der Waals surface area (Å²) >= 11 is 7.38. The van der Waals surface area contributed by atoms with Crippen LogP contribution in [-0.4, -0.2) is 30.6 Å². The van der Waals surface area contributed by atoms with Crippen LogP contribution < -0.4 is 14.8 Å². The summed E-state index contributed by atoms with van der Waals surface area (Å²) in [5.41, 5.74) is 0.513. The number of carbonyl (C=O) groups excluding carboxylic acids is 1. The predicted molar refractivity (Wildman–Crippen MR) is 96.0 cm³/mol. The second-order valence-corrected chi connectivity index (χ2v) is 6.29. The number of rotatable bonds is 9. The summed E-state index contributed by atoms with van der Waals surface area (Å²) in [5.74, 6) is 1.34. The third-order valence-corrected chi connectivity index (χ3v) is 4.15. The molecule has 0 saturated heterocycles. The Morgan fingerprint density at radius 1 is 1.16 bits per heavy atom. The van der Waals surface area contributed by atoms with Crippen LogP contribution >= 0.6 is 23.4 Å². The van der Waals surface area contributed by atoms with E-state index in [2.05, 4.69) is 10.1 Å². The van der Waals surface area contributed by atoms with Gasteiger partial charge in [0, 0.05) is 11.4 Å². The van der Waals surface area contributed by atoms with Crippen molar-refractivity contribution < 1.29 is 23.0 Å². The number of hydrogen-bond donors (Lipinski definition) is 1. The van der Waals surface area contributed by atoms with Crippen LogP contribution in [0, 0.1) is 0 Å². The largest absolute Gasteiger partial charge is 0.491 e. The number of benzene rings is 2. The van der Waals surface area contributed by atoms with E-state index in [-0.39, 0.29) is 17.4 Å². The highest BCUT2D eigenvalue weighted by atomic mass is 35.5. The number of thioether (sulfide) groups is 1. The molecular formula is C17H16ClF2NO3S. The molecule has 0 aromatic heterocycles. The fourth-order valence-corrected chi connectivity index (χ4v) is 2.65. The molecule has 0 radical (unpaired) electrons. The zero-order chi connectivity index (χ0) is 18.1. The van der Waals surface area contributed by atoms with Gasteiger partial charge in [0.05, 0.1) is 17.4 Å². The number of para-hydroxylation sites is 1. The molecule has 0 heterocycles. The van der Waals surface area contributed by atoms with Gasteiger partial charge >= 0.3 is 6.61 Å². The average Bonchev–Trinajstić information content (AvgIpc) is 2.57. The highest BCUT2D eigenvalue weighted by Gasteiger charge is 2.06. The molecule has 0 aliphatic rings. The monoisotopic (exact) mass is 387 g/mol. The van der Waals surface area contributed by atoms with Crippen molar-refractivity contribution in [2.24, 2.45) is 0 Å².